The van der Waals surface area contributed by atoms with E-state index in [4.69, 9.17) is 22.1 Å². The van der Waals surface area contributed by atoms with E-state index in [-0.39, 0.29) is 6.10 Å². The molecule has 0 amide bonds. The Labute approximate surface area is 115 Å². The average molecular weight is 270 g/mol. The van der Waals surface area contributed by atoms with Crippen LogP contribution >= 0.6 is 11.6 Å². The minimum Gasteiger partial charge on any atom is -0.489 e. The Balaban J connectivity index is 2.97. The van der Waals surface area contributed by atoms with Crippen LogP contribution in [-0.2, 0) is 0 Å². The zero-order valence-electron chi connectivity index (χ0n) is 11.8. The van der Waals surface area contributed by atoms with Gasteiger partial charge in [0.15, 0.2) is 0 Å². The van der Waals surface area contributed by atoms with Gasteiger partial charge < -0.3 is 10.5 Å². The maximum atomic E-state index is 6.25. The molecule has 0 aliphatic heterocycles. The molecule has 0 aliphatic carbocycles. The highest BCUT2D eigenvalue weighted by molar-refractivity contribution is 6.31. The van der Waals surface area contributed by atoms with E-state index in [1.165, 1.54) is 0 Å². The summed E-state index contributed by atoms with van der Waals surface area (Å²) in [5.41, 5.74) is 7.93. The molecule has 2 nitrogen and oxygen atoms in total. The number of aryl methyl sites for hydroxylation is 1. The molecule has 18 heavy (non-hydrogen) atoms. The molecule has 1 atom stereocenters. The van der Waals surface area contributed by atoms with Crippen molar-refractivity contribution in [2.24, 2.45) is 5.73 Å². The van der Waals surface area contributed by atoms with Crippen LogP contribution in [0.5, 0.6) is 5.75 Å². The van der Waals surface area contributed by atoms with Gasteiger partial charge in [-0.25, -0.2) is 0 Å². The molecule has 0 saturated heterocycles. The van der Waals surface area contributed by atoms with Crippen molar-refractivity contribution < 1.29 is 4.74 Å². The van der Waals surface area contributed by atoms with Gasteiger partial charge >= 0.3 is 0 Å². The molecule has 0 fully saturated rings. The van der Waals surface area contributed by atoms with Gasteiger partial charge in [-0.15, -0.1) is 0 Å². The van der Waals surface area contributed by atoms with Crippen molar-refractivity contribution in [2.45, 2.75) is 52.6 Å². The largest absolute Gasteiger partial charge is 0.489 e. The second-order valence-electron chi connectivity index (χ2n) is 5.06. The van der Waals surface area contributed by atoms with E-state index in [0.29, 0.717) is 12.5 Å². The normalized spacial score (nSPS) is 12.8. The van der Waals surface area contributed by atoms with Crippen LogP contribution in [0, 0.1) is 6.92 Å². The van der Waals surface area contributed by atoms with Gasteiger partial charge in [0.05, 0.1) is 0 Å². The molecule has 0 heterocycles. The summed E-state index contributed by atoms with van der Waals surface area (Å²) in [6.45, 7) is 8.97. The lowest BCUT2D eigenvalue weighted by Crippen LogP contribution is -2.26. The van der Waals surface area contributed by atoms with Gasteiger partial charge in [0.2, 0.25) is 0 Å². The molecule has 0 saturated carbocycles. The Bertz CT molecular complexity index is 390. The van der Waals surface area contributed by atoms with E-state index in [0.717, 1.165) is 34.7 Å². The molecule has 0 spiro atoms. The molecule has 1 rings (SSSR count). The van der Waals surface area contributed by atoms with E-state index in [1.54, 1.807) is 0 Å². The van der Waals surface area contributed by atoms with Gasteiger partial charge in [0.25, 0.3) is 0 Å². The number of halogens is 1. The van der Waals surface area contributed by atoms with Gasteiger partial charge in [0.1, 0.15) is 11.9 Å². The summed E-state index contributed by atoms with van der Waals surface area (Å²) in [6, 6.07) is 4.03. The topological polar surface area (TPSA) is 35.2 Å². The number of nitrogens with two attached hydrogens (primary N) is 1. The predicted molar refractivity (Wildman–Crippen MR) is 78.7 cm³/mol. The lowest BCUT2D eigenvalue weighted by Gasteiger charge is -2.20. The third-order valence-corrected chi connectivity index (χ3v) is 3.41. The molecule has 1 unspecified atom stereocenters. The number of rotatable bonds is 6. The molecule has 0 aromatic heterocycles. The van der Waals surface area contributed by atoms with E-state index >= 15 is 0 Å². The lowest BCUT2D eigenvalue weighted by molar-refractivity contribution is 0.196. The van der Waals surface area contributed by atoms with E-state index in [1.807, 2.05) is 13.0 Å². The van der Waals surface area contributed by atoms with Crippen molar-refractivity contribution in [2.75, 3.05) is 6.54 Å². The standard InChI is InChI=1S/C15H24ClNO/c1-5-6-12(9-17)18-15-8-13(10(2)3)14(16)7-11(15)4/h7-8,10,12H,5-6,9,17H2,1-4H3. The highest BCUT2D eigenvalue weighted by Gasteiger charge is 2.13. The van der Waals surface area contributed by atoms with Crippen LogP contribution in [0.3, 0.4) is 0 Å². The van der Waals surface area contributed by atoms with Crippen LogP contribution in [0.15, 0.2) is 12.1 Å². The van der Waals surface area contributed by atoms with Crippen LogP contribution in [-0.4, -0.2) is 12.6 Å². The first-order valence-electron chi connectivity index (χ1n) is 6.66. The van der Waals surface area contributed by atoms with Crippen LogP contribution < -0.4 is 10.5 Å². The maximum absolute atomic E-state index is 6.25. The van der Waals surface area contributed by atoms with Gasteiger partial charge in [-0.05, 0) is 42.5 Å². The highest BCUT2D eigenvalue weighted by atomic mass is 35.5. The van der Waals surface area contributed by atoms with E-state index in [2.05, 4.69) is 26.8 Å². The summed E-state index contributed by atoms with van der Waals surface area (Å²) in [7, 11) is 0. The van der Waals surface area contributed by atoms with E-state index < -0.39 is 0 Å². The lowest BCUT2D eigenvalue weighted by atomic mass is 10.0. The number of hydrogen-bond donors (Lipinski definition) is 1. The summed E-state index contributed by atoms with van der Waals surface area (Å²) >= 11 is 6.25. The first-order chi connectivity index (χ1) is 8.49. The molecule has 102 valence electrons. The minimum atomic E-state index is 0.0925. The molecule has 0 bridgehead atoms. The van der Waals surface area contributed by atoms with Crippen molar-refractivity contribution in [3.63, 3.8) is 0 Å². The first kappa shape index (κ1) is 15.3. The number of benzene rings is 1. The van der Waals surface area contributed by atoms with Crippen LogP contribution in [0.25, 0.3) is 0 Å². The Morgan fingerprint density at radius 2 is 2.00 bits per heavy atom. The zero-order valence-corrected chi connectivity index (χ0v) is 12.6. The Morgan fingerprint density at radius 1 is 1.33 bits per heavy atom. The first-order valence-corrected chi connectivity index (χ1v) is 7.04. The number of ether oxygens (including phenoxy) is 1. The minimum absolute atomic E-state index is 0.0925. The van der Waals surface area contributed by atoms with Gasteiger partial charge in [0, 0.05) is 11.6 Å². The zero-order chi connectivity index (χ0) is 13.7. The van der Waals surface area contributed by atoms with Crippen LogP contribution in [0.4, 0.5) is 0 Å². The Hall–Kier alpha value is -0.730. The molecule has 2 N–H and O–H groups in total. The monoisotopic (exact) mass is 269 g/mol. The fourth-order valence-corrected chi connectivity index (χ4v) is 2.40. The smallest absolute Gasteiger partial charge is 0.123 e. The van der Waals surface area contributed by atoms with Crippen molar-refractivity contribution >= 4 is 11.6 Å². The molecule has 1 aromatic rings. The summed E-state index contributed by atoms with van der Waals surface area (Å²) in [5, 5.41) is 0.814. The van der Waals surface area contributed by atoms with Crippen molar-refractivity contribution in [1.29, 1.82) is 0 Å². The predicted octanol–water partition coefficient (Wildman–Crippen LogP) is 4.28. The van der Waals surface area contributed by atoms with Crippen molar-refractivity contribution in [3.05, 3.63) is 28.3 Å². The van der Waals surface area contributed by atoms with Crippen molar-refractivity contribution in [1.82, 2.24) is 0 Å². The third-order valence-electron chi connectivity index (χ3n) is 3.08. The second-order valence-corrected chi connectivity index (χ2v) is 5.47. The SMILES string of the molecule is CCCC(CN)Oc1cc(C(C)C)c(Cl)cc1C. The molecule has 0 aliphatic rings. The molecule has 1 aromatic carbocycles. The van der Waals surface area contributed by atoms with Gasteiger partial charge in [-0.1, -0.05) is 38.8 Å². The second kappa shape index (κ2) is 7.01. The average Bonchev–Trinajstić information content (AvgIpc) is 2.31. The summed E-state index contributed by atoms with van der Waals surface area (Å²) < 4.78 is 6.00. The summed E-state index contributed by atoms with van der Waals surface area (Å²) in [5.74, 6) is 1.30. The molecular weight excluding hydrogens is 246 g/mol. The fraction of sp³-hybridized carbons (Fsp3) is 0.600. The van der Waals surface area contributed by atoms with E-state index in [9.17, 15) is 0 Å². The van der Waals surface area contributed by atoms with Gasteiger partial charge in [-0.3, -0.25) is 0 Å². The number of hydrogen-bond acceptors (Lipinski definition) is 2. The van der Waals surface area contributed by atoms with Crippen LogP contribution in [0.2, 0.25) is 5.02 Å². The van der Waals surface area contributed by atoms with Crippen LogP contribution in [0.1, 0.15) is 50.7 Å². The maximum Gasteiger partial charge on any atom is 0.123 e. The highest BCUT2D eigenvalue weighted by Crippen LogP contribution is 2.32. The molecular formula is C15H24ClNO. The Kier molecular flexibility index (Phi) is 5.97. The summed E-state index contributed by atoms with van der Waals surface area (Å²) in [6.07, 6.45) is 2.15. The third kappa shape index (κ3) is 3.89. The van der Waals surface area contributed by atoms with Crippen molar-refractivity contribution in [3.8, 4) is 5.75 Å². The fourth-order valence-electron chi connectivity index (χ4n) is 1.96. The summed E-state index contributed by atoms with van der Waals surface area (Å²) in [4.78, 5) is 0. The Morgan fingerprint density at radius 3 is 2.50 bits per heavy atom. The van der Waals surface area contributed by atoms with Gasteiger partial charge in [-0.2, -0.15) is 0 Å². The molecule has 3 heteroatoms. The molecule has 0 radical (unpaired) electrons. The quantitative estimate of drug-likeness (QED) is 0.837.